The second-order valence-electron chi connectivity index (χ2n) is 8.02. The Morgan fingerprint density at radius 3 is 2.56 bits per heavy atom. The zero-order chi connectivity index (χ0) is 22.4. The fourth-order valence-electron chi connectivity index (χ4n) is 4.02. The molecule has 0 saturated heterocycles. The number of hydrogen-bond acceptors (Lipinski definition) is 4. The predicted octanol–water partition coefficient (Wildman–Crippen LogP) is 5.63. The topological polar surface area (TPSA) is 57.5 Å². The van der Waals surface area contributed by atoms with E-state index in [0.717, 1.165) is 22.0 Å². The molecule has 5 rings (SSSR count). The molecule has 0 bridgehead atoms. The number of aromatic nitrogens is 1. The van der Waals surface area contributed by atoms with Gasteiger partial charge in [-0.2, -0.15) is 0 Å². The van der Waals surface area contributed by atoms with Gasteiger partial charge in [-0.3, -0.25) is 4.79 Å². The van der Waals surface area contributed by atoms with E-state index < -0.39 is 5.97 Å². The van der Waals surface area contributed by atoms with Gasteiger partial charge in [-0.25, -0.2) is 4.79 Å². The van der Waals surface area contributed by atoms with Gasteiger partial charge in [0.05, 0.1) is 11.1 Å². The molecule has 0 fully saturated rings. The third kappa shape index (κ3) is 3.38. The molecule has 1 aliphatic heterocycles. The molecule has 0 atom stereocenters. The van der Waals surface area contributed by atoms with Crippen LogP contribution in [0.25, 0.3) is 17.0 Å². The van der Waals surface area contributed by atoms with Crippen LogP contribution in [0.15, 0.2) is 72.6 Å². The molecule has 32 heavy (non-hydrogen) atoms. The number of carbonyl (C=O) groups excluding carboxylic acids is 2. The average Bonchev–Trinajstić information content (AvgIpc) is 3.25. The number of esters is 1. The number of allylic oxidation sites excluding steroid dienone is 1. The second kappa shape index (κ2) is 7.54. The number of ether oxygens (including phenoxy) is 2. The van der Waals surface area contributed by atoms with Gasteiger partial charge in [0.2, 0.25) is 5.78 Å². The lowest BCUT2D eigenvalue weighted by atomic mass is 10.0. The molecule has 0 amide bonds. The Hall–Kier alpha value is -4.12. The Balaban J connectivity index is 1.45. The van der Waals surface area contributed by atoms with Crippen molar-refractivity contribution in [2.24, 2.45) is 7.05 Å². The normalized spacial score (nSPS) is 14.0. The Bertz CT molecular complexity index is 1420. The largest absolute Gasteiger partial charge is 0.452 e. The minimum Gasteiger partial charge on any atom is -0.452 e. The lowest BCUT2D eigenvalue weighted by Gasteiger charge is -2.08. The number of benzene rings is 3. The molecular weight excluding hydrogens is 402 g/mol. The van der Waals surface area contributed by atoms with Crippen molar-refractivity contribution in [1.29, 1.82) is 0 Å². The van der Waals surface area contributed by atoms with Gasteiger partial charge >= 0.3 is 5.97 Å². The summed E-state index contributed by atoms with van der Waals surface area (Å²) in [5, 5.41) is 1.04. The summed E-state index contributed by atoms with van der Waals surface area (Å²) in [5.74, 6) is 0.350. The summed E-state index contributed by atoms with van der Waals surface area (Å²) in [4.78, 5) is 25.5. The maximum Gasteiger partial charge on any atom is 0.343 e. The first-order valence-corrected chi connectivity index (χ1v) is 10.3. The maximum atomic E-state index is 13.0. The number of hydrogen-bond donors (Lipinski definition) is 0. The molecule has 3 aromatic carbocycles. The molecule has 0 spiro atoms. The zero-order valence-electron chi connectivity index (χ0n) is 18.0. The summed E-state index contributed by atoms with van der Waals surface area (Å²) in [6, 6.07) is 18.4. The summed E-state index contributed by atoms with van der Waals surface area (Å²) < 4.78 is 13.5. The average molecular weight is 423 g/mol. The Kier molecular flexibility index (Phi) is 4.67. The van der Waals surface area contributed by atoms with Crippen LogP contribution in [0.2, 0.25) is 0 Å². The van der Waals surface area contributed by atoms with E-state index in [1.807, 2.05) is 68.1 Å². The van der Waals surface area contributed by atoms with E-state index in [4.69, 9.17) is 9.47 Å². The second-order valence-corrected chi connectivity index (χ2v) is 8.02. The number of carbonyl (C=O) groups is 2. The number of aryl methyl sites for hydroxylation is 3. The molecule has 0 N–H and O–H groups in total. The third-order valence-corrected chi connectivity index (χ3v) is 5.66. The lowest BCUT2D eigenvalue weighted by Crippen LogP contribution is -2.08. The van der Waals surface area contributed by atoms with E-state index in [9.17, 15) is 9.59 Å². The molecule has 0 saturated carbocycles. The molecule has 5 nitrogen and oxygen atoms in total. The van der Waals surface area contributed by atoms with Crippen LogP contribution in [0, 0.1) is 13.8 Å². The van der Waals surface area contributed by atoms with Crippen LogP contribution in [0.5, 0.6) is 11.5 Å². The lowest BCUT2D eigenvalue weighted by molar-refractivity contribution is 0.0734. The van der Waals surface area contributed by atoms with E-state index in [0.29, 0.717) is 28.2 Å². The molecule has 4 aromatic rings. The van der Waals surface area contributed by atoms with Gasteiger partial charge in [0.1, 0.15) is 11.5 Å². The van der Waals surface area contributed by atoms with E-state index >= 15 is 0 Å². The maximum absolute atomic E-state index is 13.0. The third-order valence-electron chi connectivity index (χ3n) is 5.66. The van der Waals surface area contributed by atoms with Crippen LogP contribution < -0.4 is 9.47 Å². The van der Waals surface area contributed by atoms with Crippen LogP contribution in [-0.4, -0.2) is 16.3 Å². The van der Waals surface area contributed by atoms with Gasteiger partial charge in [0.15, 0.2) is 5.76 Å². The van der Waals surface area contributed by atoms with Gasteiger partial charge < -0.3 is 14.0 Å². The van der Waals surface area contributed by atoms with Gasteiger partial charge in [0, 0.05) is 35.8 Å². The van der Waals surface area contributed by atoms with Gasteiger partial charge in [-0.1, -0.05) is 35.9 Å². The summed E-state index contributed by atoms with van der Waals surface area (Å²) in [6.45, 7) is 3.76. The molecule has 0 radical (unpaired) electrons. The van der Waals surface area contributed by atoms with Crippen LogP contribution in [0.4, 0.5) is 0 Å². The Morgan fingerprint density at radius 2 is 1.78 bits per heavy atom. The fraction of sp³-hybridized carbons (Fsp3) is 0.111. The quantitative estimate of drug-likeness (QED) is 0.243. The molecule has 2 heterocycles. The van der Waals surface area contributed by atoms with E-state index in [1.54, 1.807) is 30.3 Å². The number of Topliss-reactive ketones (excluding diaryl/α,β-unsaturated/α-hetero) is 1. The molecule has 158 valence electrons. The minimum absolute atomic E-state index is 0.179. The van der Waals surface area contributed by atoms with Crippen LogP contribution in [0.3, 0.4) is 0 Å². The van der Waals surface area contributed by atoms with Gasteiger partial charge in [0.25, 0.3) is 0 Å². The van der Waals surface area contributed by atoms with Crippen molar-refractivity contribution in [3.8, 4) is 11.5 Å². The van der Waals surface area contributed by atoms with Gasteiger partial charge in [-0.05, 0) is 49.8 Å². The van der Waals surface area contributed by atoms with Crippen molar-refractivity contribution in [1.82, 2.24) is 4.57 Å². The Morgan fingerprint density at radius 1 is 1.03 bits per heavy atom. The fourth-order valence-corrected chi connectivity index (χ4v) is 4.02. The standard InChI is InChI=1S/C27H21NO4/c1-16-8-10-18(11-9-16)27(30)31-20-12-17(2)25-23(14-20)32-24(26(25)29)13-19-15-28(3)22-7-5-4-6-21(19)22/h4-15H,1-3H3/b24-13-. The molecular formula is C27H21NO4. The first-order chi connectivity index (χ1) is 15.4. The summed E-state index contributed by atoms with van der Waals surface area (Å²) in [7, 11) is 1.97. The summed E-state index contributed by atoms with van der Waals surface area (Å²) >= 11 is 0. The molecule has 1 aliphatic rings. The van der Waals surface area contributed by atoms with Crippen molar-refractivity contribution < 1.29 is 19.1 Å². The number of nitrogens with zero attached hydrogens (tertiary/aromatic N) is 1. The zero-order valence-corrected chi connectivity index (χ0v) is 18.0. The van der Waals surface area contributed by atoms with Crippen molar-refractivity contribution in [3.63, 3.8) is 0 Å². The summed E-state index contributed by atoms with van der Waals surface area (Å²) in [6.07, 6.45) is 3.74. The highest BCUT2D eigenvalue weighted by Gasteiger charge is 2.30. The van der Waals surface area contributed by atoms with Crippen LogP contribution in [-0.2, 0) is 7.05 Å². The highest BCUT2D eigenvalue weighted by atomic mass is 16.5. The molecule has 5 heteroatoms. The van der Waals surface area contributed by atoms with Crippen molar-refractivity contribution in [2.45, 2.75) is 13.8 Å². The van der Waals surface area contributed by atoms with E-state index in [-0.39, 0.29) is 11.5 Å². The highest BCUT2D eigenvalue weighted by Crippen LogP contribution is 2.38. The number of rotatable bonds is 3. The van der Waals surface area contributed by atoms with Gasteiger partial charge in [-0.15, -0.1) is 0 Å². The number of fused-ring (bicyclic) bond motifs is 2. The minimum atomic E-state index is -0.458. The first kappa shape index (κ1) is 19.8. The van der Waals surface area contributed by atoms with Crippen LogP contribution >= 0.6 is 0 Å². The molecule has 0 aliphatic carbocycles. The molecule has 1 aromatic heterocycles. The van der Waals surface area contributed by atoms with Crippen molar-refractivity contribution >= 4 is 28.7 Å². The van der Waals surface area contributed by atoms with Crippen molar-refractivity contribution in [2.75, 3.05) is 0 Å². The number of ketones is 1. The number of para-hydroxylation sites is 1. The molecule has 0 unspecified atom stereocenters. The monoisotopic (exact) mass is 423 g/mol. The smallest absolute Gasteiger partial charge is 0.343 e. The van der Waals surface area contributed by atoms with E-state index in [1.165, 1.54) is 0 Å². The SMILES string of the molecule is Cc1ccc(C(=O)Oc2cc(C)c3c(c2)O/C(=C\c2cn(C)c4ccccc24)C3=O)cc1. The highest BCUT2D eigenvalue weighted by molar-refractivity contribution is 6.16. The Labute approximate surface area is 185 Å². The van der Waals surface area contributed by atoms with E-state index in [2.05, 4.69) is 0 Å². The first-order valence-electron chi connectivity index (χ1n) is 10.3. The summed E-state index contributed by atoms with van der Waals surface area (Å²) in [5.41, 5.74) is 4.69. The predicted molar refractivity (Wildman–Crippen MR) is 123 cm³/mol. The van der Waals surface area contributed by atoms with Crippen LogP contribution in [0.1, 0.15) is 37.4 Å². The van der Waals surface area contributed by atoms with Crippen molar-refractivity contribution in [3.05, 3.63) is 100 Å².